The molecule has 2 rings (SSSR count). The maximum Gasteiger partial charge on any atom is 0.243 e. The van der Waals surface area contributed by atoms with Crippen molar-refractivity contribution in [3.63, 3.8) is 0 Å². The fourth-order valence-corrected chi connectivity index (χ4v) is 5.33. The van der Waals surface area contributed by atoms with Gasteiger partial charge in [0, 0.05) is 29.1 Å². The number of aliphatic hydroxyl groups is 1. The van der Waals surface area contributed by atoms with Crippen LogP contribution in [0.2, 0.25) is 5.02 Å². The number of hydrogen-bond acceptors (Lipinski definition) is 4. The Balaban J connectivity index is 2.28. The fourth-order valence-electron chi connectivity index (χ4n) is 2.12. The van der Waals surface area contributed by atoms with E-state index < -0.39 is 10.0 Å². The minimum absolute atomic E-state index is 0.196. The largest absolute Gasteiger partial charge is 0.392 e. The SMILES string of the molecule is CCC1CN(S(=O)(=O)c2ccc(CO)c(Cl)c2)CCS1. The maximum absolute atomic E-state index is 12.6. The summed E-state index contributed by atoms with van der Waals surface area (Å²) in [6, 6.07) is 4.49. The molecule has 1 heterocycles. The summed E-state index contributed by atoms with van der Waals surface area (Å²) in [6.45, 7) is 2.95. The summed E-state index contributed by atoms with van der Waals surface area (Å²) in [5.41, 5.74) is 0.534. The normalized spacial score (nSPS) is 21.1. The van der Waals surface area contributed by atoms with E-state index in [0.29, 0.717) is 23.9 Å². The van der Waals surface area contributed by atoms with Crippen molar-refractivity contribution < 1.29 is 13.5 Å². The van der Waals surface area contributed by atoms with Crippen molar-refractivity contribution in [3.05, 3.63) is 28.8 Å². The molecule has 0 bridgehead atoms. The van der Waals surface area contributed by atoms with E-state index >= 15 is 0 Å². The van der Waals surface area contributed by atoms with Crippen molar-refractivity contribution in [3.8, 4) is 0 Å². The molecule has 20 heavy (non-hydrogen) atoms. The summed E-state index contributed by atoms with van der Waals surface area (Å²) in [5.74, 6) is 0.820. The van der Waals surface area contributed by atoms with Crippen LogP contribution in [0.15, 0.2) is 23.1 Å². The molecule has 0 amide bonds. The van der Waals surface area contributed by atoms with E-state index in [1.54, 1.807) is 6.07 Å². The molecule has 1 aliphatic heterocycles. The highest BCUT2D eigenvalue weighted by Crippen LogP contribution is 2.28. The zero-order chi connectivity index (χ0) is 14.8. The van der Waals surface area contributed by atoms with E-state index in [1.807, 2.05) is 11.8 Å². The van der Waals surface area contributed by atoms with Gasteiger partial charge in [0.2, 0.25) is 10.0 Å². The third-order valence-corrected chi connectivity index (χ3v) is 6.97. The second kappa shape index (κ2) is 6.66. The van der Waals surface area contributed by atoms with E-state index in [9.17, 15) is 8.42 Å². The van der Waals surface area contributed by atoms with Gasteiger partial charge in [0.25, 0.3) is 0 Å². The summed E-state index contributed by atoms with van der Waals surface area (Å²) in [7, 11) is -3.50. The smallest absolute Gasteiger partial charge is 0.243 e. The topological polar surface area (TPSA) is 57.6 Å². The second-order valence-corrected chi connectivity index (χ2v) is 8.43. The van der Waals surface area contributed by atoms with Crippen LogP contribution in [0, 0.1) is 0 Å². The molecule has 1 unspecified atom stereocenters. The Morgan fingerprint density at radius 3 is 2.85 bits per heavy atom. The first-order valence-electron chi connectivity index (χ1n) is 6.50. The van der Waals surface area contributed by atoms with E-state index in [1.165, 1.54) is 16.4 Å². The Kier molecular flexibility index (Phi) is 5.36. The lowest BCUT2D eigenvalue weighted by Gasteiger charge is -2.31. The van der Waals surface area contributed by atoms with Gasteiger partial charge in [-0.1, -0.05) is 24.6 Å². The molecule has 1 fully saturated rings. The minimum atomic E-state index is -3.50. The third kappa shape index (κ3) is 3.31. The van der Waals surface area contributed by atoms with Gasteiger partial charge < -0.3 is 5.11 Å². The van der Waals surface area contributed by atoms with Crippen molar-refractivity contribution in [2.24, 2.45) is 0 Å². The molecular formula is C13H18ClNO3S2. The third-order valence-electron chi connectivity index (χ3n) is 3.39. The molecule has 0 aliphatic carbocycles. The Morgan fingerprint density at radius 2 is 2.25 bits per heavy atom. The Labute approximate surface area is 129 Å². The van der Waals surface area contributed by atoms with Crippen LogP contribution in [-0.2, 0) is 16.6 Å². The molecule has 1 aromatic carbocycles. The molecule has 4 nitrogen and oxygen atoms in total. The van der Waals surface area contributed by atoms with Gasteiger partial charge in [-0.2, -0.15) is 16.1 Å². The van der Waals surface area contributed by atoms with Crippen LogP contribution in [0.4, 0.5) is 0 Å². The molecule has 1 atom stereocenters. The van der Waals surface area contributed by atoms with Gasteiger partial charge in [-0.05, 0) is 24.1 Å². The summed E-state index contributed by atoms with van der Waals surface area (Å²) in [6.07, 6.45) is 0.959. The molecule has 7 heteroatoms. The summed E-state index contributed by atoms with van der Waals surface area (Å²) in [4.78, 5) is 0.196. The lowest BCUT2D eigenvalue weighted by molar-refractivity contribution is 0.282. The van der Waals surface area contributed by atoms with Gasteiger partial charge in [-0.25, -0.2) is 8.42 Å². The van der Waals surface area contributed by atoms with Crippen molar-refractivity contribution in [1.29, 1.82) is 0 Å². The zero-order valence-corrected chi connectivity index (χ0v) is 13.6. The maximum atomic E-state index is 12.6. The summed E-state index contributed by atoms with van der Waals surface area (Å²) in [5, 5.41) is 9.72. The first-order chi connectivity index (χ1) is 9.48. The molecular weight excluding hydrogens is 318 g/mol. The molecule has 1 N–H and O–H groups in total. The number of aliphatic hydroxyl groups excluding tert-OH is 1. The Hall–Kier alpha value is -0.270. The molecule has 1 saturated heterocycles. The molecule has 1 aliphatic rings. The highest BCUT2D eigenvalue weighted by Gasteiger charge is 2.30. The predicted octanol–water partition coefficient (Wildman–Crippen LogP) is 2.35. The van der Waals surface area contributed by atoms with E-state index in [-0.39, 0.29) is 16.5 Å². The Morgan fingerprint density at radius 1 is 1.50 bits per heavy atom. The first kappa shape index (κ1) is 16.1. The average molecular weight is 336 g/mol. The van der Waals surface area contributed by atoms with Gasteiger partial charge in [0.05, 0.1) is 11.5 Å². The average Bonchev–Trinajstić information content (AvgIpc) is 2.47. The number of nitrogens with zero attached hydrogens (tertiary/aromatic N) is 1. The molecule has 0 radical (unpaired) electrons. The summed E-state index contributed by atoms with van der Waals surface area (Å²) >= 11 is 7.81. The lowest BCUT2D eigenvalue weighted by atomic mass is 10.2. The van der Waals surface area contributed by atoms with Gasteiger partial charge in [-0.3, -0.25) is 0 Å². The highest BCUT2D eigenvalue weighted by molar-refractivity contribution is 8.00. The number of hydrogen-bond donors (Lipinski definition) is 1. The standard InChI is InChI=1S/C13H18ClNO3S2/c1-2-11-8-15(5-6-19-11)20(17,18)12-4-3-10(9-16)13(14)7-12/h3-4,7,11,16H,2,5-6,8-9H2,1H3. The van der Waals surface area contributed by atoms with Crippen LogP contribution in [-0.4, -0.2) is 41.9 Å². The summed E-state index contributed by atoms with van der Waals surface area (Å²) < 4.78 is 26.7. The highest BCUT2D eigenvalue weighted by atomic mass is 35.5. The number of thioether (sulfide) groups is 1. The van der Waals surface area contributed by atoms with Gasteiger partial charge in [-0.15, -0.1) is 0 Å². The van der Waals surface area contributed by atoms with Crippen LogP contribution < -0.4 is 0 Å². The van der Waals surface area contributed by atoms with Crippen molar-refractivity contribution in [1.82, 2.24) is 4.31 Å². The molecule has 0 saturated carbocycles. The molecule has 112 valence electrons. The van der Waals surface area contributed by atoms with Crippen molar-refractivity contribution >= 4 is 33.4 Å². The lowest BCUT2D eigenvalue weighted by Crippen LogP contribution is -2.41. The van der Waals surface area contributed by atoms with Crippen molar-refractivity contribution in [2.75, 3.05) is 18.8 Å². The van der Waals surface area contributed by atoms with E-state index in [4.69, 9.17) is 16.7 Å². The molecule has 1 aromatic rings. The van der Waals surface area contributed by atoms with Crippen LogP contribution in [0.5, 0.6) is 0 Å². The van der Waals surface area contributed by atoms with Crippen LogP contribution in [0.1, 0.15) is 18.9 Å². The Bertz CT molecular complexity index is 577. The molecule has 0 aromatic heterocycles. The van der Waals surface area contributed by atoms with Gasteiger partial charge in [0.15, 0.2) is 0 Å². The number of rotatable bonds is 4. The van der Waals surface area contributed by atoms with Crippen LogP contribution in [0.25, 0.3) is 0 Å². The number of benzene rings is 1. The van der Waals surface area contributed by atoms with Gasteiger partial charge >= 0.3 is 0 Å². The van der Waals surface area contributed by atoms with Crippen LogP contribution >= 0.6 is 23.4 Å². The quantitative estimate of drug-likeness (QED) is 0.917. The second-order valence-electron chi connectivity index (χ2n) is 4.68. The van der Waals surface area contributed by atoms with Gasteiger partial charge in [0.1, 0.15) is 0 Å². The predicted molar refractivity (Wildman–Crippen MR) is 82.7 cm³/mol. The minimum Gasteiger partial charge on any atom is -0.392 e. The monoisotopic (exact) mass is 335 g/mol. The zero-order valence-electron chi connectivity index (χ0n) is 11.3. The van der Waals surface area contributed by atoms with E-state index in [2.05, 4.69) is 6.92 Å². The number of sulfonamides is 1. The molecule has 0 spiro atoms. The fraction of sp³-hybridized carbons (Fsp3) is 0.538. The van der Waals surface area contributed by atoms with Crippen LogP contribution in [0.3, 0.4) is 0 Å². The first-order valence-corrected chi connectivity index (χ1v) is 9.36. The van der Waals surface area contributed by atoms with Crippen molar-refractivity contribution in [2.45, 2.75) is 30.1 Å². The van der Waals surface area contributed by atoms with E-state index in [0.717, 1.165) is 12.2 Å². The number of halogens is 1.